The first-order valence-electron chi connectivity index (χ1n) is 7.06. The van der Waals surface area contributed by atoms with E-state index in [0.717, 1.165) is 12.6 Å². The fourth-order valence-corrected chi connectivity index (χ4v) is 2.70. The molecule has 2 rings (SSSR count). The Morgan fingerprint density at radius 3 is 2.79 bits per heavy atom. The van der Waals surface area contributed by atoms with E-state index in [9.17, 15) is 0 Å². The fourth-order valence-electron chi connectivity index (χ4n) is 2.70. The molecule has 106 valence electrons. The lowest BCUT2D eigenvalue weighted by Crippen LogP contribution is -2.29. The molecule has 0 N–H and O–H groups in total. The van der Waals surface area contributed by atoms with Gasteiger partial charge in [0.2, 0.25) is 5.88 Å². The Morgan fingerprint density at radius 2 is 2.16 bits per heavy atom. The highest BCUT2D eigenvalue weighted by molar-refractivity contribution is 5.17. The topological polar surface area (TPSA) is 28.6 Å². The number of rotatable bonds is 4. The maximum Gasteiger partial charge on any atom is 0.212 e. The van der Waals surface area contributed by atoms with Crippen LogP contribution in [-0.4, -0.2) is 55.1 Å². The number of hydrogen-bond donors (Lipinski definition) is 0. The average Bonchev–Trinajstić information content (AvgIpc) is 2.65. The van der Waals surface area contributed by atoms with E-state index < -0.39 is 0 Å². The molecule has 1 aromatic heterocycles. The molecule has 1 fully saturated rings. The molecule has 1 atom stereocenters. The maximum atomic E-state index is 5.09. The van der Waals surface area contributed by atoms with Crippen LogP contribution in [-0.2, 0) is 6.54 Å². The van der Waals surface area contributed by atoms with Gasteiger partial charge in [0.25, 0.3) is 0 Å². The number of aromatic nitrogens is 1. The quantitative estimate of drug-likeness (QED) is 0.831. The van der Waals surface area contributed by atoms with Gasteiger partial charge in [-0.1, -0.05) is 6.07 Å². The van der Waals surface area contributed by atoms with Gasteiger partial charge in [-0.2, -0.15) is 0 Å². The fraction of sp³-hybridized carbons (Fsp3) is 0.667. The molecule has 0 aliphatic carbocycles. The van der Waals surface area contributed by atoms with E-state index in [-0.39, 0.29) is 0 Å². The molecule has 4 nitrogen and oxygen atoms in total. The summed E-state index contributed by atoms with van der Waals surface area (Å²) in [4.78, 5) is 9.17. The molecule has 19 heavy (non-hydrogen) atoms. The van der Waals surface area contributed by atoms with E-state index in [2.05, 4.69) is 34.9 Å². The predicted molar refractivity (Wildman–Crippen MR) is 77.4 cm³/mol. The van der Waals surface area contributed by atoms with Gasteiger partial charge in [-0.25, -0.2) is 4.98 Å². The molecular formula is C15H25N3O. The van der Waals surface area contributed by atoms with Crippen LogP contribution in [0.2, 0.25) is 0 Å². The lowest BCUT2D eigenvalue weighted by atomic mass is 10.1. The van der Waals surface area contributed by atoms with Crippen LogP contribution in [0.3, 0.4) is 0 Å². The summed E-state index contributed by atoms with van der Waals surface area (Å²) in [5.74, 6) is 0.687. The number of methoxy groups -OCH3 is 1. The van der Waals surface area contributed by atoms with E-state index in [4.69, 9.17) is 4.74 Å². The van der Waals surface area contributed by atoms with Crippen molar-refractivity contribution in [1.82, 2.24) is 14.8 Å². The highest BCUT2D eigenvalue weighted by atomic mass is 16.5. The third-order valence-electron chi connectivity index (χ3n) is 3.93. The van der Waals surface area contributed by atoms with Crippen LogP contribution >= 0.6 is 0 Å². The van der Waals surface area contributed by atoms with Crippen LogP contribution in [0.1, 0.15) is 24.8 Å². The van der Waals surface area contributed by atoms with Crippen molar-refractivity contribution < 1.29 is 4.74 Å². The Labute approximate surface area is 116 Å². The van der Waals surface area contributed by atoms with Crippen LogP contribution in [0.25, 0.3) is 0 Å². The minimum atomic E-state index is 0.687. The van der Waals surface area contributed by atoms with E-state index in [1.54, 1.807) is 7.11 Å². The molecule has 1 aliphatic rings. The second kappa shape index (κ2) is 6.87. The van der Waals surface area contributed by atoms with Gasteiger partial charge in [-0.15, -0.1) is 0 Å². The third kappa shape index (κ3) is 4.18. The Morgan fingerprint density at radius 1 is 1.32 bits per heavy atom. The van der Waals surface area contributed by atoms with Crippen molar-refractivity contribution in [3.8, 4) is 5.88 Å². The molecule has 0 saturated carbocycles. The first-order valence-corrected chi connectivity index (χ1v) is 7.06. The minimum absolute atomic E-state index is 0.687. The van der Waals surface area contributed by atoms with Crippen LogP contribution in [0.15, 0.2) is 18.3 Å². The van der Waals surface area contributed by atoms with Gasteiger partial charge in [0.15, 0.2) is 0 Å². The summed E-state index contributed by atoms with van der Waals surface area (Å²) in [5.41, 5.74) is 1.27. The summed E-state index contributed by atoms with van der Waals surface area (Å²) in [6.07, 6.45) is 5.78. The lowest BCUT2D eigenvalue weighted by molar-refractivity contribution is 0.245. The SMILES string of the molecule is COc1ccc(CN2CCC[C@H](N(C)C)CC2)cn1. The standard InChI is InChI=1S/C15H25N3O/c1-17(2)14-5-4-9-18(10-8-14)12-13-6-7-15(19-3)16-11-13/h6-7,11,14H,4-5,8-10,12H2,1-3H3/t14-/m0/s1. The number of pyridine rings is 1. The number of likely N-dealkylation sites (tertiary alicyclic amines) is 1. The van der Waals surface area contributed by atoms with E-state index in [1.165, 1.54) is 37.9 Å². The van der Waals surface area contributed by atoms with Gasteiger partial charge in [-0.05, 0) is 52.0 Å². The van der Waals surface area contributed by atoms with Crippen molar-refractivity contribution in [2.45, 2.75) is 31.8 Å². The zero-order valence-corrected chi connectivity index (χ0v) is 12.3. The predicted octanol–water partition coefficient (Wildman–Crippen LogP) is 2.01. The zero-order chi connectivity index (χ0) is 13.7. The van der Waals surface area contributed by atoms with E-state index >= 15 is 0 Å². The average molecular weight is 263 g/mol. The van der Waals surface area contributed by atoms with Crippen LogP contribution < -0.4 is 4.74 Å². The van der Waals surface area contributed by atoms with Crippen molar-refractivity contribution in [3.05, 3.63) is 23.9 Å². The van der Waals surface area contributed by atoms with E-state index in [1.807, 2.05) is 12.3 Å². The van der Waals surface area contributed by atoms with Crippen LogP contribution in [0.5, 0.6) is 5.88 Å². The summed E-state index contributed by atoms with van der Waals surface area (Å²) < 4.78 is 5.09. The first kappa shape index (κ1) is 14.3. The molecule has 0 unspecified atom stereocenters. The van der Waals surface area contributed by atoms with Crippen molar-refractivity contribution in [3.63, 3.8) is 0 Å². The zero-order valence-electron chi connectivity index (χ0n) is 12.3. The van der Waals surface area contributed by atoms with Gasteiger partial charge in [-0.3, -0.25) is 4.90 Å². The molecule has 0 aromatic carbocycles. The molecule has 1 saturated heterocycles. The van der Waals surface area contributed by atoms with Gasteiger partial charge in [0.1, 0.15) is 0 Å². The smallest absolute Gasteiger partial charge is 0.212 e. The largest absolute Gasteiger partial charge is 0.481 e. The van der Waals surface area contributed by atoms with Gasteiger partial charge in [0.05, 0.1) is 7.11 Å². The second-order valence-corrected chi connectivity index (χ2v) is 5.53. The van der Waals surface area contributed by atoms with Crippen LogP contribution in [0.4, 0.5) is 0 Å². The molecule has 4 heteroatoms. The van der Waals surface area contributed by atoms with Gasteiger partial charge < -0.3 is 9.64 Å². The summed E-state index contributed by atoms with van der Waals surface area (Å²) in [6, 6.07) is 4.79. The number of hydrogen-bond acceptors (Lipinski definition) is 4. The van der Waals surface area contributed by atoms with Gasteiger partial charge in [0, 0.05) is 24.8 Å². The van der Waals surface area contributed by atoms with Crippen molar-refractivity contribution >= 4 is 0 Å². The molecule has 1 aliphatic heterocycles. The molecule has 0 bridgehead atoms. The summed E-state index contributed by atoms with van der Waals surface area (Å²) in [5, 5.41) is 0. The first-order chi connectivity index (χ1) is 9.19. The Balaban J connectivity index is 1.88. The molecule has 0 amide bonds. The number of nitrogens with zero attached hydrogens (tertiary/aromatic N) is 3. The Hall–Kier alpha value is -1.13. The lowest BCUT2D eigenvalue weighted by Gasteiger charge is -2.23. The second-order valence-electron chi connectivity index (χ2n) is 5.53. The number of ether oxygens (including phenoxy) is 1. The molecule has 1 aromatic rings. The highest BCUT2D eigenvalue weighted by Crippen LogP contribution is 2.17. The van der Waals surface area contributed by atoms with Crippen molar-refractivity contribution in [1.29, 1.82) is 0 Å². The molecular weight excluding hydrogens is 238 g/mol. The maximum absolute atomic E-state index is 5.09. The Kier molecular flexibility index (Phi) is 5.16. The van der Waals surface area contributed by atoms with Gasteiger partial charge >= 0.3 is 0 Å². The van der Waals surface area contributed by atoms with Crippen molar-refractivity contribution in [2.24, 2.45) is 0 Å². The summed E-state index contributed by atoms with van der Waals surface area (Å²) in [6.45, 7) is 3.36. The third-order valence-corrected chi connectivity index (χ3v) is 3.93. The summed E-state index contributed by atoms with van der Waals surface area (Å²) >= 11 is 0. The molecule has 2 heterocycles. The Bertz CT molecular complexity index is 377. The monoisotopic (exact) mass is 263 g/mol. The highest BCUT2D eigenvalue weighted by Gasteiger charge is 2.18. The normalized spacial score (nSPS) is 21.4. The van der Waals surface area contributed by atoms with Crippen molar-refractivity contribution in [2.75, 3.05) is 34.3 Å². The van der Waals surface area contributed by atoms with E-state index in [0.29, 0.717) is 5.88 Å². The summed E-state index contributed by atoms with van der Waals surface area (Å²) in [7, 11) is 6.03. The van der Waals surface area contributed by atoms with Crippen LogP contribution in [0, 0.1) is 0 Å². The molecule has 0 radical (unpaired) electrons. The minimum Gasteiger partial charge on any atom is -0.481 e. The molecule has 0 spiro atoms.